The highest BCUT2D eigenvalue weighted by Gasteiger charge is 2.16. The SMILES string of the molecule is Cc1cc(NS(=O)(=O)c2ccc(-c3ccsc3)cc2)no1. The van der Waals surface area contributed by atoms with Crippen molar-refractivity contribution in [2.75, 3.05) is 4.72 Å². The van der Waals surface area contributed by atoms with Crippen molar-refractivity contribution in [1.82, 2.24) is 5.16 Å². The molecule has 0 spiro atoms. The van der Waals surface area contributed by atoms with E-state index in [4.69, 9.17) is 4.52 Å². The van der Waals surface area contributed by atoms with Crippen LogP contribution in [0.15, 0.2) is 56.6 Å². The van der Waals surface area contributed by atoms with E-state index in [-0.39, 0.29) is 10.7 Å². The molecule has 0 aliphatic heterocycles. The predicted molar refractivity (Wildman–Crippen MR) is 81.8 cm³/mol. The van der Waals surface area contributed by atoms with E-state index in [9.17, 15) is 8.42 Å². The summed E-state index contributed by atoms with van der Waals surface area (Å²) in [6, 6.07) is 10.2. The van der Waals surface area contributed by atoms with Crippen LogP contribution in [0.25, 0.3) is 11.1 Å². The summed E-state index contributed by atoms with van der Waals surface area (Å²) in [6.07, 6.45) is 0. The molecular weight excluding hydrogens is 308 g/mol. The van der Waals surface area contributed by atoms with Gasteiger partial charge in [0.15, 0.2) is 5.82 Å². The fourth-order valence-electron chi connectivity index (χ4n) is 1.87. The first-order valence-electron chi connectivity index (χ1n) is 6.13. The van der Waals surface area contributed by atoms with E-state index in [0.29, 0.717) is 5.76 Å². The molecule has 2 aromatic heterocycles. The second-order valence-corrected chi connectivity index (χ2v) is 6.93. The van der Waals surface area contributed by atoms with E-state index in [1.807, 2.05) is 16.8 Å². The lowest BCUT2D eigenvalue weighted by Gasteiger charge is -2.05. The van der Waals surface area contributed by atoms with Gasteiger partial charge in [0.2, 0.25) is 0 Å². The summed E-state index contributed by atoms with van der Waals surface area (Å²) in [7, 11) is -3.66. The van der Waals surface area contributed by atoms with Gasteiger partial charge in [0.1, 0.15) is 5.76 Å². The number of hydrogen-bond acceptors (Lipinski definition) is 5. The van der Waals surface area contributed by atoms with Gasteiger partial charge in [-0.15, -0.1) is 0 Å². The lowest BCUT2D eigenvalue weighted by atomic mass is 10.1. The molecule has 0 aliphatic carbocycles. The summed E-state index contributed by atoms with van der Waals surface area (Å²) < 4.78 is 31.7. The Bertz CT molecular complexity index is 835. The zero-order valence-electron chi connectivity index (χ0n) is 11.1. The number of rotatable bonds is 4. The number of thiophene rings is 1. The molecule has 0 radical (unpaired) electrons. The Balaban J connectivity index is 1.86. The maximum absolute atomic E-state index is 12.2. The van der Waals surface area contributed by atoms with Crippen molar-refractivity contribution in [2.45, 2.75) is 11.8 Å². The molecule has 5 nitrogen and oxygen atoms in total. The Labute approximate surface area is 126 Å². The number of nitrogens with zero attached hydrogens (tertiary/aromatic N) is 1. The molecule has 108 valence electrons. The summed E-state index contributed by atoms with van der Waals surface area (Å²) in [5.74, 6) is 0.718. The number of aromatic nitrogens is 1. The third kappa shape index (κ3) is 2.98. The van der Waals surface area contributed by atoms with Crippen molar-refractivity contribution in [1.29, 1.82) is 0 Å². The van der Waals surface area contributed by atoms with Gasteiger partial charge in [-0.25, -0.2) is 8.42 Å². The van der Waals surface area contributed by atoms with Crippen molar-refractivity contribution in [3.63, 3.8) is 0 Å². The lowest BCUT2D eigenvalue weighted by Crippen LogP contribution is -2.12. The van der Waals surface area contributed by atoms with Crippen LogP contribution in [0.2, 0.25) is 0 Å². The van der Waals surface area contributed by atoms with Crippen LogP contribution in [-0.4, -0.2) is 13.6 Å². The minimum atomic E-state index is -3.66. The summed E-state index contributed by atoms with van der Waals surface area (Å²) in [5.41, 5.74) is 2.05. The summed E-state index contributed by atoms with van der Waals surface area (Å²) >= 11 is 1.60. The lowest BCUT2D eigenvalue weighted by molar-refractivity contribution is 0.400. The molecule has 0 saturated heterocycles. The van der Waals surface area contributed by atoms with Crippen LogP contribution in [0.1, 0.15) is 5.76 Å². The topological polar surface area (TPSA) is 72.2 Å². The first kappa shape index (κ1) is 13.8. The number of hydrogen-bond donors (Lipinski definition) is 1. The first-order valence-corrected chi connectivity index (χ1v) is 8.56. The Morgan fingerprint density at radius 2 is 1.90 bits per heavy atom. The summed E-state index contributed by atoms with van der Waals surface area (Å²) in [6.45, 7) is 1.69. The second kappa shape index (κ2) is 5.34. The molecule has 0 bridgehead atoms. The van der Waals surface area contributed by atoms with Crippen molar-refractivity contribution in [3.8, 4) is 11.1 Å². The van der Waals surface area contributed by atoms with Gasteiger partial charge in [0, 0.05) is 6.07 Å². The quantitative estimate of drug-likeness (QED) is 0.798. The van der Waals surface area contributed by atoms with Crippen LogP contribution in [-0.2, 0) is 10.0 Å². The monoisotopic (exact) mass is 320 g/mol. The molecule has 7 heteroatoms. The van der Waals surface area contributed by atoms with Crippen molar-refractivity contribution in [2.24, 2.45) is 0 Å². The molecule has 0 fully saturated rings. The molecule has 0 aliphatic rings. The number of benzene rings is 1. The van der Waals surface area contributed by atoms with Gasteiger partial charge in [0.25, 0.3) is 10.0 Å². The average Bonchev–Trinajstić information content (AvgIpc) is 3.10. The normalized spacial score (nSPS) is 11.5. The number of nitrogens with one attached hydrogen (secondary N) is 1. The van der Waals surface area contributed by atoms with Gasteiger partial charge in [-0.3, -0.25) is 4.72 Å². The van der Waals surface area contributed by atoms with Gasteiger partial charge >= 0.3 is 0 Å². The standard InChI is InChI=1S/C14H12N2O3S2/c1-10-8-14(15-19-10)16-21(17,18)13-4-2-11(3-5-13)12-6-7-20-9-12/h2-9H,1H3,(H,15,16). The molecule has 0 atom stereocenters. The van der Waals surface area contributed by atoms with Crippen LogP contribution < -0.4 is 4.72 Å². The largest absolute Gasteiger partial charge is 0.360 e. The van der Waals surface area contributed by atoms with Crippen LogP contribution in [0.4, 0.5) is 5.82 Å². The van der Waals surface area contributed by atoms with Crippen molar-refractivity contribution in [3.05, 3.63) is 52.9 Å². The highest BCUT2D eigenvalue weighted by Crippen LogP contribution is 2.24. The molecule has 0 unspecified atom stereocenters. The molecule has 0 amide bonds. The van der Waals surface area contributed by atoms with Gasteiger partial charge in [-0.2, -0.15) is 11.3 Å². The molecule has 3 aromatic rings. The fourth-order valence-corrected chi connectivity index (χ4v) is 3.52. The fraction of sp³-hybridized carbons (Fsp3) is 0.0714. The maximum atomic E-state index is 12.2. The Kier molecular flexibility index (Phi) is 3.52. The molecule has 0 saturated carbocycles. The van der Waals surface area contributed by atoms with Gasteiger partial charge in [-0.1, -0.05) is 17.3 Å². The van der Waals surface area contributed by atoms with E-state index in [1.54, 1.807) is 42.5 Å². The summed E-state index contributed by atoms with van der Waals surface area (Å²) in [4.78, 5) is 0.183. The zero-order chi connectivity index (χ0) is 14.9. The van der Waals surface area contributed by atoms with Crippen LogP contribution >= 0.6 is 11.3 Å². The number of sulfonamides is 1. The van der Waals surface area contributed by atoms with Gasteiger partial charge in [0.05, 0.1) is 4.90 Å². The van der Waals surface area contributed by atoms with E-state index >= 15 is 0 Å². The average molecular weight is 320 g/mol. The number of anilines is 1. The van der Waals surface area contributed by atoms with Gasteiger partial charge in [-0.05, 0) is 47.0 Å². The van der Waals surface area contributed by atoms with Crippen LogP contribution in [0.3, 0.4) is 0 Å². The maximum Gasteiger partial charge on any atom is 0.263 e. The highest BCUT2D eigenvalue weighted by molar-refractivity contribution is 7.92. The van der Waals surface area contributed by atoms with E-state index in [2.05, 4.69) is 9.88 Å². The molecule has 21 heavy (non-hydrogen) atoms. The predicted octanol–water partition coefficient (Wildman–Crippen LogP) is 3.51. The van der Waals surface area contributed by atoms with Crippen LogP contribution in [0, 0.1) is 6.92 Å². The van der Waals surface area contributed by atoms with Crippen LogP contribution in [0.5, 0.6) is 0 Å². The molecule has 2 heterocycles. The number of aryl methyl sites for hydroxylation is 1. The van der Waals surface area contributed by atoms with E-state index < -0.39 is 10.0 Å². The van der Waals surface area contributed by atoms with Gasteiger partial charge < -0.3 is 4.52 Å². The minimum absolute atomic E-state index is 0.175. The molecule has 1 aromatic carbocycles. The third-order valence-electron chi connectivity index (χ3n) is 2.89. The van der Waals surface area contributed by atoms with Crippen molar-refractivity contribution >= 4 is 27.2 Å². The Hall–Kier alpha value is -2.12. The smallest absolute Gasteiger partial charge is 0.263 e. The zero-order valence-corrected chi connectivity index (χ0v) is 12.7. The molecular formula is C14H12N2O3S2. The third-order valence-corrected chi connectivity index (χ3v) is 4.94. The first-order chi connectivity index (χ1) is 10.0. The Morgan fingerprint density at radius 3 is 2.48 bits per heavy atom. The molecule has 3 rings (SSSR count). The van der Waals surface area contributed by atoms with E-state index in [1.165, 1.54) is 6.07 Å². The minimum Gasteiger partial charge on any atom is -0.360 e. The molecule has 1 N–H and O–H groups in total. The van der Waals surface area contributed by atoms with Crippen molar-refractivity contribution < 1.29 is 12.9 Å². The van der Waals surface area contributed by atoms with E-state index in [0.717, 1.165) is 11.1 Å². The summed E-state index contributed by atoms with van der Waals surface area (Å²) in [5, 5.41) is 7.62. The Morgan fingerprint density at radius 1 is 1.14 bits per heavy atom. The highest BCUT2D eigenvalue weighted by atomic mass is 32.2. The second-order valence-electron chi connectivity index (χ2n) is 4.46.